The molecule has 0 saturated carbocycles. The minimum absolute atomic E-state index is 0.279. The van der Waals surface area contributed by atoms with Crippen LogP contribution >= 0.6 is 0 Å². The number of hydrogen-bond acceptors (Lipinski definition) is 5. The van der Waals surface area contributed by atoms with E-state index in [9.17, 15) is 9.59 Å². The Morgan fingerprint density at radius 2 is 2.04 bits per heavy atom. The van der Waals surface area contributed by atoms with Crippen LogP contribution in [0.5, 0.6) is 0 Å². The number of carbonyl (C=O) groups excluding carboxylic acids is 2. The largest absolute Gasteiger partial charge is 0.370 e. The monoisotopic (exact) mass is 349 g/mol. The molecule has 7 nitrogen and oxygen atoms in total. The van der Waals surface area contributed by atoms with Gasteiger partial charge in [-0.25, -0.2) is 4.98 Å². The molecule has 2 amide bonds. The maximum absolute atomic E-state index is 12.8. The van der Waals surface area contributed by atoms with E-state index in [0.29, 0.717) is 35.2 Å². The molecule has 7 heteroatoms. The molecule has 0 radical (unpaired) electrons. The molecule has 3 heterocycles. The average Bonchev–Trinajstić information content (AvgIpc) is 3.20. The Balaban J connectivity index is 1.57. The van der Waals surface area contributed by atoms with Crippen molar-refractivity contribution in [3.8, 4) is 0 Å². The van der Waals surface area contributed by atoms with Crippen molar-refractivity contribution in [2.24, 2.45) is 0 Å². The number of amides is 2. The fraction of sp³-hybridized carbons (Fsp3) is 0.263. The summed E-state index contributed by atoms with van der Waals surface area (Å²) in [6, 6.07) is 8.20. The standard InChI is InChI=1S/C19H19N5O2/c1-3-23(13-6-4-5-12(2)9-13)7-8-24-18(25)15-10-20-17-14(11-21-22-17)16(15)19(24)26/h4-6,9-11H,3,7-8H2,1-2H3,(H,20,21,22). The number of likely N-dealkylation sites (N-methyl/N-ethyl adjacent to an activating group) is 1. The van der Waals surface area contributed by atoms with Gasteiger partial charge in [0.15, 0.2) is 5.65 Å². The van der Waals surface area contributed by atoms with E-state index < -0.39 is 0 Å². The van der Waals surface area contributed by atoms with Gasteiger partial charge in [0.05, 0.1) is 22.7 Å². The van der Waals surface area contributed by atoms with Crippen LogP contribution in [0.1, 0.15) is 33.2 Å². The van der Waals surface area contributed by atoms with Crippen LogP contribution in [0.3, 0.4) is 0 Å². The quantitative estimate of drug-likeness (QED) is 0.715. The molecule has 4 rings (SSSR count). The zero-order valence-electron chi connectivity index (χ0n) is 14.7. The predicted octanol–water partition coefficient (Wildman–Crippen LogP) is 2.39. The Bertz CT molecular complexity index is 1010. The number of H-pyrrole nitrogens is 1. The molecule has 0 saturated heterocycles. The molecule has 2 aromatic heterocycles. The topological polar surface area (TPSA) is 82.2 Å². The maximum atomic E-state index is 12.8. The smallest absolute Gasteiger partial charge is 0.263 e. The van der Waals surface area contributed by atoms with Crippen molar-refractivity contribution < 1.29 is 9.59 Å². The minimum atomic E-state index is -0.291. The first kappa shape index (κ1) is 16.3. The lowest BCUT2D eigenvalue weighted by atomic mass is 10.1. The van der Waals surface area contributed by atoms with Gasteiger partial charge in [-0.05, 0) is 31.5 Å². The number of carbonyl (C=O) groups is 2. The number of aryl methyl sites for hydroxylation is 1. The van der Waals surface area contributed by atoms with Crippen molar-refractivity contribution in [2.75, 3.05) is 24.5 Å². The van der Waals surface area contributed by atoms with Crippen LogP contribution in [0.4, 0.5) is 5.69 Å². The van der Waals surface area contributed by atoms with Gasteiger partial charge in [0.25, 0.3) is 11.8 Å². The SMILES string of the molecule is CCN(CCN1C(=O)c2cnc3[nH]ncc3c2C1=O)c1cccc(C)c1. The van der Waals surface area contributed by atoms with Crippen molar-refractivity contribution in [3.05, 3.63) is 53.3 Å². The van der Waals surface area contributed by atoms with Gasteiger partial charge < -0.3 is 4.90 Å². The molecule has 1 aliphatic heterocycles. The van der Waals surface area contributed by atoms with Crippen LogP contribution in [-0.4, -0.2) is 51.5 Å². The van der Waals surface area contributed by atoms with Gasteiger partial charge in [0, 0.05) is 31.5 Å². The summed E-state index contributed by atoms with van der Waals surface area (Å²) in [6.45, 7) is 5.80. The second-order valence-electron chi connectivity index (χ2n) is 6.36. The van der Waals surface area contributed by atoms with Crippen molar-refractivity contribution in [1.29, 1.82) is 0 Å². The number of rotatable bonds is 5. The first-order valence-corrected chi connectivity index (χ1v) is 8.60. The molecule has 3 aromatic rings. The fourth-order valence-corrected chi connectivity index (χ4v) is 3.38. The summed E-state index contributed by atoms with van der Waals surface area (Å²) in [5.74, 6) is -0.569. The molecule has 0 spiro atoms. The Morgan fingerprint density at radius 3 is 2.81 bits per heavy atom. The molecule has 0 unspecified atom stereocenters. The third-order valence-electron chi connectivity index (χ3n) is 4.76. The molecule has 26 heavy (non-hydrogen) atoms. The molecule has 1 aliphatic rings. The molecular formula is C19H19N5O2. The number of anilines is 1. The van der Waals surface area contributed by atoms with E-state index in [1.165, 1.54) is 16.7 Å². The number of aromatic amines is 1. The summed E-state index contributed by atoms with van der Waals surface area (Å²) in [4.78, 5) is 33.1. The van der Waals surface area contributed by atoms with Crippen LogP contribution in [0.15, 0.2) is 36.7 Å². The van der Waals surface area contributed by atoms with Crippen LogP contribution in [0, 0.1) is 6.92 Å². The Labute approximate surface area is 150 Å². The summed E-state index contributed by atoms with van der Waals surface area (Å²) in [6.07, 6.45) is 3.00. The van der Waals surface area contributed by atoms with Crippen LogP contribution in [-0.2, 0) is 0 Å². The van der Waals surface area contributed by atoms with Gasteiger partial charge in [-0.15, -0.1) is 0 Å². The van der Waals surface area contributed by atoms with E-state index in [1.54, 1.807) is 6.20 Å². The molecule has 0 bridgehead atoms. The second kappa shape index (κ2) is 6.25. The van der Waals surface area contributed by atoms with E-state index in [4.69, 9.17) is 0 Å². The third kappa shape index (κ3) is 2.52. The van der Waals surface area contributed by atoms with E-state index in [1.807, 2.05) is 25.1 Å². The molecule has 132 valence electrons. The molecule has 0 atom stereocenters. The number of aromatic nitrogens is 3. The highest BCUT2D eigenvalue weighted by Crippen LogP contribution is 2.28. The molecule has 1 N–H and O–H groups in total. The first-order valence-electron chi connectivity index (χ1n) is 8.60. The molecular weight excluding hydrogens is 330 g/mol. The van der Waals surface area contributed by atoms with Crippen LogP contribution in [0.2, 0.25) is 0 Å². The fourth-order valence-electron chi connectivity index (χ4n) is 3.38. The highest BCUT2D eigenvalue weighted by molar-refractivity contribution is 6.25. The van der Waals surface area contributed by atoms with Gasteiger partial charge in [0.1, 0.15) is 0 Å². The summed E-state index contributed by atoms with van der Waals surface area (Å²) in [5, 5.41) is 7.25. The minimum Gasteiger partial charge on any atom is -0.370 e. The summed E-state index contributed by atoms with van der Waals surface area (Å²) in [7, 11) is 0. The van der Waals surface area contributed by atoms with Crippen molar-refractivity contribution in [3.63, 3.8) is 0 Å². The number of imide groups is 1. The van der Waals surface area contributed by atoms with Gasteiger partial charge in [-0.2, -0.15) is 5.10 Å². The number of nitrogens with zero attached hydrogens (tertiary/aromatic N) is 4. The van der Waals surface area contributed by atoms with Crippen LogP contribution < -0.4 is 4.90 Å². The van der Waals surface area contributed by atoms with E-state index in [0.717, 1.165) is 12.2 Å². The predicted molar refractivity (Wildman–Crippen MR) is 98.3 cm³/mol. The second-order valence-corrected chi connectivity index (χ2v) is 6.36. The third-order valence-corrected chi connectivity index (χ3v) is 4.76. The average molecular weight is 349 g/mol. The zero-order chi connectivity index (χ0) is 18.3. The van der Waals surface area contributed by atoms with Gasteiger partial charge >= 0.3 is 0 Å². The van der Waals surface area contributed by atoms with Crippen molar-refractivity contribution >= 4 is 28.5 Å². The molecule has 0 fully saturated rings. The zero-order valence-corrected chi connectivity index (χ0v) is 14.7. The van der Waals surface area contributed by atoms with E-state index >= 15 is 0 Å². The van der Waals surface area contributed by atoms with Gasteiger partial charge in [-0.3, -0.25) is 19.6 Å². The van der Waals surface area contributed by atoms with E-state index in [-0.39, 0.29) is 11.8 Å². The summed E-state index contributed by atoms with van der Waals surface area (Å²) in [5.41, 5.74) is 3.52. The summed E-state index contributed by atoms with van der Waals surface area (Å²) < 4.78 is 0. The molecule has 1 aromatic carbocycles. The maximum Gasteiger partial charge on any atom is 0.263 e. The number of benzene rings is 1. The number of pyridine rings is 1. The highest BCUT2D eigenvalue weighted by Gasteiger charge is 2.37. The Morgan fingerprint density at radius 1 is 1.19 bits per heavy atom. The Hall–Kier alpha value is -3.22. The normalized spacial score (nSPS) is 13.5. The van der Waals surface area contributed by atoms with E-state index in [2.05, 4.69) is 33.1 Å². The van der Waals surface area contributed by atoms with Crippen molar-refractivity contribution in [1.82, 2.24) is 20.1 Å². The first-order chi connectivity index (χ1) is 12.6. The van der Waals surface area contributed by atoms with Crippen molar-refractivity contribution in [2.45, 2.75) is 13.8 Å². The summed E-state index contributed by atoms with van der Waals surface area (Å²) >= 11 is 0. The highest BCUT2D eigenvalue weighted by atomic mass is 16.2. The number of fused-ring (bicyclic) bond motifs is 3. The lowest BCUT2D eigenvalue weighted by Crippen LogP contribution is -2.38. The lowest BCUT2D eigenvalue weighted by Gasteiger charge is -2.25. The van der Waals surface area contributed by atoms with Gasteiger partial charge in [-0.1, -0.05) is 12.1 Å². The Kier molecular flexibility index (Phi) is 3.91. The number of hydrogen-bond donors (Lipinski definition) is 1. The lowest BCUT2D eigenvalue weighted by molar-refractivity contribution is 0.0659. The van der Waals surface area contributed by atoms with Crippen LogP contribution in [0.25, 0.3) is 11.0 Å². The molecule has 0 aliphatic carbocycles. The van der Waals surface area contributed by atoms with Gasteiger partial charge in [0.2, 0.25) is 0 Å². The number of nitrogens with one attached hydrogen (secondary N) is 1.